The summed E-state index contributed by atoms with van der Waals surface area (Å²) in [5, 5.41) is 0. The van der Waals surface area contributed by atoms with Crippen LogP contribution in [0.15, 0.2) is 28.7 Å². The van der Waals surface area contributed by atoms with E-state index in [4.69, 9.17) is 0 Å². The molecule has 0 bridgehead atoms. The molecule has 0 aliphatic carbocycles. The Kier molecular flexibility index (Phi) is 3.19. The van der Waals surface area contributed by atoms with Crippen LogP contribution < -0.4 is 0 Å². The molecule has 1 saturated heterocycles. The zero-order valence-electron chi connectivity index (χ0n) is 9.68. The van der Waals surface area contributed by atoms with Gasteiger partial charge in [0.05, 0.1) is 6.54 Å². The van der Waals surface area contributed by atoms with Crippen LogP contribution in [0.1, 0.15) is 11.6 Å². The number of nitrogens with zero attached hydrogens (tertiary/aromatic N) is 2. The van der Waals surface area contributed by atoms with Crippen LogP contribution in [0.4, 0.5) is 0 Å². The Morgan fingerprint density at radius 2 is 2.00 bits per heavy atom. The van der Waals surface area contributed by atoms with Crippen LogP contribution in [0.25, 0.3) is 0 Å². The van der Waals surface area contributed by atoms with Crippen molar-refractivity contribution in [2.45, 2.75) is 6.04 Å². The molecule has 0 radical (unpaired) electrons. The van der Waals surface area contributed by atoms with Crippen LogP contribution in [-0.2, 0) is 9.59 Å². The first-order valence-corrected chi connectivity index (χ1v) is 6.06. The molecule has 5 heteroatoms. The number of hydrogen-bond acceptors (Lipinski definition) is 2. The molecule has 1 heterocycles. The largest absolute Gasteiger partial charge is 0.334 e. The predicted molar refractivity (Wildman–Crippen MR) is 67.3 cm³/mol. The molecule has 4 nitrogen and oxygen atoms in total. The Morgan fingerprint density at radius 3 is 2.65 bits per heavy atom. The number of halogens is 1. The van der Waals surface area contributed by atoms with E-state index >= 15 is 0 Å². The summed E-state index contributed by atoms with van der Waals surface area (Å²) in [4.78, 5) is 26.8. The molecule has 2 rings (SSSR count). The van der Waals surface area contributed by atoms with Gasteiger partial charge in [-0.25, -0.2) is 0 Å². The van der Waals surface area contributed by atoms with E-state index in [0.717, 1.165) is 10.0 Å². The van der Waals surface area contributed by atoms with E-state index in [1.807, 2.05) is 24.3 Å². The van der Waals surface area contributed by atoms with E-state index in [-0.39, 0.29) is 18.4 Å². The normalized spacial score (nSPS) is 21.0. The minimum atomic E-state index is -0.515. The summed E-state index contributed by atoms with van der Waals surface area (Å²) in [6.07, 6.45) is 0. The number of likely N-dealkylation sites (N-methyl/N-ethyl adjacent to an activating group) is 2. The standard InChI is InChI=1S/C12H13BrN2O2/c1-14-7-10(16)15(2)11(12(14)17)8-4-3-5-9(13)6-8/h3-6,11H,7H2,1-2H3. The van der Waals surface area contributed by atoms with E-state index < -0.39 is 6.04 Å². The first-order valence-electron chi connectivity index (χ1n) is 5.27. The van der Waals surface area contributed by atoms with Crippen LogP contribution in [0.2, 0.25) is 0 Å². The Hall–Kier alpha value is -1.36. The van der Waals surface area contributed by atoms with Crippen LogP contribution in [0.5, 0.6) is 0 Å². The topological polar surface area (TPSA) is 40.6 Å². The summed E-state index contributed by atoms with van der Waals surface area (Å²) in [5.74, 6) is -0.0951. The molecule has 17 heavy (non-hydrogen) atoms. The number of benzene rings is 1. The lowest BCUT2D eigenvalue weighted by atomic mass is 10.0. The van der Waals surface area contributed by atoms with E-state index in [1.165, 1.54) is 9.80 Å². The molecule has 90 valence electrons. The molecule has 1 aromatic rings. The van der Waals surface area contributed by atoms with Gasteiger partial charge in [-0.1, -0.05) is 28.1 Å². The second kappa shape index (κ2) is 4.49. The van der Waals surface area contributed by atoms with Gasteiger partial charge in [0.1, 0.15) is 6.04 Å². The minimum absolute atomic E-state index is 0.0444. The van der Waals surface area contributed by atoms with Crippen molar-refractivity contribution in [3.63, 3.8) is 0 Å². The van der Waals surface area contributed by atoms with Gasteiger partial charge in [0, 0.05) is 18.6 Å². The number of rotatable bonds is 1. The van der Waals surface area contributed by atoms with Gasteiger partial charge in [0.15, 0.2) is 0 Å². The fourth-order valence-corrected chi connectivity index (χ4v) is 2.37. The lowest BCUT2D eigenvalue weighted by Gasteiger charge is -2.36. The summed E-state index contributed by atoms with van der Waals surface area (Å²) in [5.41, 5.74) is 0.826. The summed E-state index contributed by atoms with van der Waals surface area (Å²) in [6, 6.07) is 6.96. The summed E-state index contributed by atoms with van der Waals surface area (Å²) >= 11 is 3.37. The number of carbonyl (C=O) groups is 2. The Morgan fingerprint density at radius 1 is 1.29 bits per heavy atom. The number of piperazine rings is 1. The first kappa shape index (κ1) is 12.1. The average Bonchev–Trinajstić information content (AvgIpc) is 2.27. The van der Waals surface area contributed by atoms with Gasteiger partial charge in [-0.2, -0.15) is 0 Å². The molecular formula is C12H13BrN2O2. The monoisotopic (exact) mass is 296 g/mol. The van der Waals surface area contributed by atoms with Crippen LogP contribution in [-0.4, -0.2) is 42.3 Å². The van der Waals surface area contributed by atoms with Crippen molar-refractivity contribution in [1.29, 1.82) is 0 Å². The van der Waals surface area contributed by atoms with Gasteiger partial charge >= 0.3 is 0 Å². The Labute approximate surface area is 108 Å². The molecule has 1 unspecified atom stereocenters. The van der Waals surface area contributed by atoms with Crippen LogP contribution >= 0.6 is 15.9 Å². The molecule has 1 aliphatic rings. The molecule has 0 N–H and O–H groups in total. The van der Waals surface area contributed by atoms with Crippen molar-refractivity contribution >= 4 is 27.7 Å². The van der Waals surface area contributed by atoms with Crippen molar-refractivity contribution in [3.8, 4) is 0 Å². The van der Waals surface area contributed by atoms with E-state index in [1.54, 1.807) is 14.1 Å². The molecule has 1 aromatic carbocycles. The second-order valence-corrected chi connectivity index (χ2v) is 5.07. The summed E-state index contributed by atoms with van der Waals surface area (Å²) in [6.45, 7) is 0.153. The highest BCUT2D eigenvalue weighted by Gasteiger charge is 2.36. The first-order chi connectivity index (χ1) is 8.00. The highest BCUT2D eigenvalue weighted by molar-refractivity contribution is 9.10. The lowest BCUT2D eigenvalue weighted by molar-refractivity contribution is -0.153. The molecule has 1 atom stereocenters. The van der Waals surface area contributed by atoms with Gasteiger partial charge < -0.3 is 9.80 Å². The number of hydrogen-bond donors (Lipinski definition) is 0. The smallest absolute Gasteiger partial charge is 0.250 e. The van der Waals surface area contributed by atoms with Crippen molar-refractivity contribution in [3.05, 3.63) is 34.3 Å². The highest BCUT2D eigenvalue weighted by Crippen LogP contribution is 2.27. The summed E-state index contributed by atoms with van der Waals surface area (Å²) in [7, 11) is 3.32. The molecule has 1 fully saturated rings. The number of carbonyl (C=O) groups excluding carboxylic acids is 2. The molecule has 0 saturated carbocycles. The maximum atomic E-state index is 12.1. The molecule has 2 amide bonds. The van der Waals surface area contributed by atoms with Gasteiger partial charge in [-0.05, 0) is 17.7 Å². The van der Waals surface area contributed by atoms with Gasteiger partial charge in [0.25, 0.3) is 0 Å². The van der Waals surface area contributed by atoms with Gasteiger partial charge in [-0.3, -0.25) is 9.59 Å². The minimum Gasteiger partial charge on any atom is -0.334 e. The van der Waals surface area contributed by atoms with Crippen molar-refractivity contribution in [2.75, 3.05) is 20.6 Å². The zero-order chi connectivity index (χ0) is 12.6. The third-order valence-electron chi connectivity index (χ3n) is 2.93. The average molecular weight is 297 g/mol. The summed E-state index contributed by atoms with van der Waals surface area (Å²) < 4.78 is 0.900. The third kappa shape index (κ3) is 2.20. The maximum Gasteiger partial charge on any atom is 0.250 e. The third-order valence-corrected chi connectivity index (χ3v) is 3.42. The lowest BCUT2D eigenvalue weighted by Crippen LogP contribution is -2.52. The van der Waals surface area contributed by atoms with Crippen molar-refractivity contribution < 1.29 is 9.59 Å². The van der Waals surface area contributed by atoms with E-state index in [2.05, 4.69) is 15.9 Å². The van der Waals surface area contributed by atoms with Crippen molar-refractivity contribution in [1.82, 2.24) is 9.80 Å². The van der Waals surface area contributed by atoms with Crippen LogP contribution in [0.3, 0.4) is 0 Å². The van der Waals surface area contributed by atoms with Crippen LogP contribution in [0, 0.1) is 0 Å². The molecular weight excluding hydrogens is 284 g/mol. The molecule has 0 spiro atoms. The highest BCUT2D eigenvalue weighted by atomic mass is 79.9. The quantitative estimate of drug-likeness (QED) is 0.786. The second-order valence-electron chi connectivity index (χ2n) is 4.16. The molecule has 0 aromatic heterocycles. The number of amides is 2. The van der Waals surface area contributed by atoms with E-state index in [9.17, 15) is 9.59 Å². The van der Waals surface area contributed by atoms with E-state index in [0.29, 0.717) is 0 Å². The Bertz CT molecular complexity index is 475. The fourth-order valence-electron chi connectivity index (χ4n) is 1.95. The van der Waals surface area contributed by atoms with Gasteiger partial charge in [-0.15, -0.1) is 0 Å². The Balaban J connectivity index is 2.41. The fraction of sp³-hybridized carbons (Fsp3) is 0.333. The maximum absolute atomic E-state index is 12.1. The zero-order valence-corrected chi connectivity index (χ0v) is 11.3. The predicted octanol–water partition coefficient (Wildman–Crippen LogP) is 1.42. The van der Waals surface area contributed by atoms with Crippen molar-refractivity contribution in [2.24, 2.45) is 0 Å². The van der Waals surface area contributed by atoms with Gasteiger partial charge in [0.2, 0.25) is 11.8 Å². The SMILES string of the molecule is CN1CC(=O)N(C)C(c2cccc(Br)c2)C1=O. The molecule has 1 aliphatic heterocycles.